The van der Waals surface area contributed by atoms with E-state index in [1.54, 1.807) is 0 Å². The van der Waals surface area contributed by atoms with E-state index in [0.29, 0.717) is 6.04 Å². The van der Waals surface area contributed by atoms with Crippen molar-refractivity contribution < 1.29 is 4.74 Å². The average Bonchev–Trinajstić information content (AvgIpc) is 2.45. The van der Waals surface area contributed by atoms with Gasteiger partial charge in [-0.05, 0) is 25.1 Å². The van der Waals surface area contributed by atoms with Gasteiger partial charge in [0.15, 0.2) is 0 Å². The molecule has 112 valence electrons. The van der Waals surface area contributed by atoms with Gasteiger partial charge in [-0.2, -0.15) is 0 Å². The monoisotopic (exact) mass is 316 g/mol. The van der Waals surface area contributed by atoms with Crippen LogP contribution in [-0.4, -0.2) is 43.8 Å². The molecule has 3 nitrogen and oxygen atoms in total. The maximum Gasteiger partial charge on any atom is 0.0635 e. The SMILES string of the molecule is CCCNCC1COCCN1Cc1c(Cl)cccc1Cl. The Balaban J connectivity index is 2.01. The Morgan fingerprint density at radius 2 is 2.10 bits per heavy atom. The van der Waals surface area contributed by atoms with Gasteiger partial charge in [0.25, 0.3) is 0 Å². The molecule has 0 amide bonds. The first-order valence-corrected chi connectivity index (χ1v) is 7.93. The maximum atomic E-state index is 6.27. The van der Waals surface area contributed by atoms with Gasteiger partial charge >= 0.3 is 0 Å². The summed E-state index contributed by atoms with van der Waals surface area (Å²) in [7, 11) is 0. The third kappa shape index (κ3) is 4.34. The minimum Gasteiger partial charge on any atom is -0.378 e. The van der Waals surface area contributed by atoms with E-state index in [0.717, 1.165) is 61.4 Å². The standard InChI is InChI=1S/C15H22Cl2N2O/c1-2-6-18-9-12-11-20-8-7-19(12)10-13-14(16)4-3-5-15(13)17/h3-5,12,18H,2,6-11H2,1H3. The predicted molar refractivity (Wildman–Crippen MR) is 84.6 cm³/mol. The molecule has 1 aliphatic rings. The molecule has 0 radical (unpaired) electrons. The van der Waals surface area contributed by atoms with Crippen LogP contribution in [-0.2, 0) is 11.3 Å². The molecule has 20 heavy (non-hydrogen) atoms. The summed E-state index contributed by atoms with van der Waals surface area (Å²) in [6.07, 6.45) is 1.14. The van der Waals surface area contributed by atoms with Crippen LogP contribution < -0.4 is 5.32 Å². The number of benzene rings is 1. The van der Waals surface area contributed by atoms with E-state index in [9.17, 15) is 0 Å². The van der Waals surface area contributed by atoms with Crippen LogP contribution in [0, 0.1) is 0 Å². The first kappa shape index (κ1) is 16.1. The highest BCUT2D eigenvalue weighted by molar-refractivity contribution is 6.35. The molecule has 1 saturated heterocycles. The fourth-order valence-electron chi connectivity index (χ4n) is 2.42. The Kier molecular flexibility index (Phi) is 6.59. The Bertz CT molecular complexity index is 408. The second kappa shape index (κ2) is 8.20. The number of ether oxygens (including phenoxy) is 1. The van der Waals surface area contributed by atoms with Gasteiger partial charge in [-0.15, -0.1) is 0 Å². The molecule has 0 spiro atoms. The molecule has 1 unspecified atom stereocenters. The molecule has 5 heteroatoms. The zero-order valence-corrected chi connectivity index (χ0v) is 13.4. The summed E-state index contributed by atoms with van der Waals surface area (Å²) < 4.78 is 5.59. The number of hydrogen-bond acceptors (Lipinski definition) is 3. The van der Waals surface area contributed by atoms with Crippen LogP contribution in [0.5, 0.6) is 0 Å². The third-order valence-corrected chi connectivity index (χ3v) is 4.29. The van der Waals surface area contributed by atoms with Crippen molar-refractivity contribution in [3.63, 3.8) is 0 Å². The number of nitrogens with one attached hydrogen (secondary N) is 1. The van der Waals surface area contributed by atoms with Crippen molar-refractivity contribution in [2.24, 2.45) is 0 Å². The van der Waals surface area contributed by atoms with Crippen molar-refractivity contribution in [1.29, 1.82) is 0 Å². The van der Waals surface area contributed by atoms with Crippen molar-refractivity contribution in [3.8, 4) is 0 Å². The largest absolute Gasteiger partial charge is 0.378 e. The number of halogens is 2. The molecule has 1 heterocycles. The Labute approximate surface area is 131 Å². The molecule has 0 aliphatic carbocycles. The lowest BCUT2D eigenvalue weighted by molar-refractivity contribution is -0.0108. The van der Waals surface area contributed by atoms with E-state index < -0.39 is 0 Å². The van der Waals surface area contributed by atoms with Crippen LogP contribution in [0.1, 0.15) is 18.9 Å². The lowest BCUT2D eigenvalue weighted by Crippen LogP contribution is -2.50. The van der Waals surface area contributed by atoms with Gasteiger partial charge in [-0.1, -0.05) is 36.2 Å². The van der Waals surface area contributed by atoms with Crippen LogP contribution in [0.2, 0.25) is 10.0 Å². The smallest absolute Gasteiger partial charge is 0.0635 e. The zero-order chi connectivity index (χ0) is 14.4. The molecular formula is C15H22Cl2N2O. The molecule has 1 aromatic carbocycles. The van der Waals surface area contributed by atoms with E-state index in [1.807, 2.05) is 18.2 Å². The number of hydrogen-bond donors (Lipinski definition) is 1. The molecule has 1 fully saturated rings. The summed E-state index contributed by atoms with van der Waals surface area (Å²) >= 11 is 12.5. The maximum absolute atomic E-state index is 6.27. The highest BCUT2D eigenvalue weighted by Crippen LogP contribution is 2.26. The van der Waals surface area contributed by atoms with E-state index in [4.69, 9.17) is 27.9 Å². The molecular weight excluding hydrogens is 295 g/mol. The zero-order valence-electron chi connectivity index (χ0n) is 11.9. The molecule has 0 aromatic heterocycles. The molecule has 0 saturated carbocycles. The Morgan fingerprint density at radius 3 is 2.80 bits per heavy atom. The van der Waals surface area contributed by atoms with Gasteiger partial charge < -0.3 is 10.1 Å². The predicted octanol–water partition coefficient (Wildman–Crippen LogP) is 3.19. The first-order valence-electron chi connectivity index (χ1n) is 7.17. The van der Waals surface area contributed by atoms with Crippen molar-refractivity contribution in [2.45, 2.75) is 25.9 Å². The lowest BCUT2D eigenvalue weighted by Gasteiger charge is -2.36. The molecule has 2 rings (SSSR count). The van der Waals surface area contributed by atoms with Crippen LogP contribution in [0.15, 0.2) is 18.2 Å². The normalized spacial score (nSPS) is 20.2. The quantitative estimate of drug-likeness (QED) is 0.816. The summed E-state index contributed by atoms with van der Waals surface area (Å²) in [4.78, 5) is 2.40. The van der Waals surface area contributed by atoms with Crippen LogP contribution in [0.4, 0.5) is 0 Å². The summed E-state index contributed by atoms with van der Waals surface area (Å²) in [5.41, 5.74) is 1.01. The van der Waals surface area contributed by atoms with Gasteiger partial charge in [0.1, 0.15) is 0 Å². The van der Waals surface area contributed by atoms with Crippen LogP contribution in [0.3, 0.4) is 0 Å². The van der Waals surface area contributed by atoms with Crippen LogP contribution >= 0.6 is 23.2 Å². The molecule has 1 aromatic rings. The van der Waals surface area contributed by atoms with Crippen molar-refractivity contribution in [1.82, 2.24) is 10.2 Å². The van der Waals surface area contributed by atoms with E-state index >= 15 is 0 Å². The molecule has 1 N–H and O–H groups in total. The van der Waals surface area contributed by atoms with Gasteiger partial charge in [0, 0.05) is 41.3 Å². The van der Waals surface area contributed by atoms with Crippen molar-refractivity contribution in [3.05, 3.63) is 33.8 Å². The molecule has 1 atom stereocenters. The number of rotatable bonds is 6. The lowest BCUT2D eigenvalue weighted by atomic mass is 10.1. The van der Waals surface area contributed by atoms with Gasteiger partial charge in [0.2, 0.25) is 0 Å². The van der Waals surface area contributed by atoms with Crippen LogP contribution in [0.25, 0.3) is 0 Å². The third-order valence-electron chi connectivity index (χ3n) is 3.58. The van der Waals surface area contributed by atoms with Gasteiger partial charge in [0.05, 0.1) is 13.2 Å². The highest BCUT2D eigenvalue weighted by atomic mass is 35.5. The number of morpholine rings is 1. The second-order valence-electron chi connectivity index (χ2n) is 5.10. The fraction of sp³-hybridized carbons (Fsp3) is 0.600. The van der Waals surface area contributed by atoms with Gasteiger partial charge in [-0.25, -0.2) is 0 Å². The van der Waals surface area contributed by atoms with Crippen molar-refractivity contribution >= 4 is 23.2 Å². The Morgan fingerprint density at radius 1 is 1.35 bits per heavy atom. The summed E-state index contributed by atoms with van der Waals surface area (Å²) in [6, 6.07) is 6.05. The van der Waals surface area contributed by atoms with E-state index in [1.165, 1.54) is 0 Å². The molecule has 0 bridgehead atoms. The summed E-state index contributed by atoms with van der Waals surface area (Å²) in [6.45, 7) is 7.38. The van der Waals surface area contributed by atoms with E-state index in [-0.39, 0.29) is 0 Å². The summed E-state index contributed by atoms with van der Waals surface area (Å²) in [5.74, 6) is 0. The fourth-order valence-corrected chi connectivity index (χ4v) is 2.93. The number of nitrogens with zero attached hydrogens (tertiary/aromatic N) is 1. The van der Waals surface area contributed by atoms with Crippen molar-refractivity contribution in [2.75, 3.05) is 32.8 Å². The second-order valence-corrected chi connectivity index (χ2v) is 5.92. The molecule has 1 aliphatic heterocycles. The minimum absolute atomic E-state index is 0.377. The minimum atomic E-state index is 0.377. The summed E-state index contributed by atoms with van der Waals surface area (Å²) in [5, 5.41) is 4.94. The topological polar surface area (TPSA) is 24.5 Å². The first-order chi connectivity index (χ1) is 9.72. The Hall–Kier alpha value is -0.320. The highest BCUT2D eigenvalue weighted by Gasteiger charge is 2.24. The average molecular weight is 317 g/mol. The van der Waals surface area contributed by atoms with E-state index in [2.05, 4.69) is 17.1 Å². The van der Waals surface area contributed by atoms with Gasteiger partial charge in [-0.3, -0.25) is 4.90 Å².